The van der Waals surface area contributed by atoms with Crippen molar-refractivity contribution in [3.05, 3.63) is 59.9 Å². The first kappa shape index (κ1) is 21.3. The standard InChI is InChI=1S/C23H32N4O2/c1-18(2)23(19-7-9-21(29-3)10-8-19)25-22(28)17-27-14-12-26(13-15-27)16-20-6-4-5-11-24-20/h4-11,18,23H,12-17H2,1-3H3,(H,25,28)/t23-/m1/s1. The van der Waals surface area contributed by atoms with E-state index in [0.717, 1.165) is 49.7 Å². The average molecular weight is 397 g/mol. The molecule has 0 unspecified atom stereocenters. The lowest BCUT2D eigenvalue weighted by Crippen LogP contribution is -2.49. The van der Waals surface area contributed by atoms with E-state index >= 15 is 0 Å². The molecule has 1 aromatic carbocycles. The molecule has 0 radical (unpaired) electrons. The van der Waals surface area contributed by atoms with E-state index in [2.05, 4.69) is 40.0 Å². The summed E-state index contributed by atoms with van der Waals surface area (Å²) in [5, 5.41) is 3.22. The largest absolute Gasteiger partial charge is 0.497 e. The molecule has 1 aliphatic heterocycles. The highest BCUT2D eigenvalue weighted by atomic mass is 16.5. The zero-order valence-corrected chi connectivity index (χ0v) is 17.7. The van der Waals surface area contributed by atoms with Crippen molar-refractivity contribution >= 4 is 5.91 Å². The molecule has 1 amide bonds. The highest BCUT2D eigenvalue weighted by molar-refractivity contribution is 5.78. The topological polar surface area (TPSA) is 57.7 Å². The third kappa shape index (κ3) is 6.27. The predicted molar refractivity (Wildman–Crippen MR) is 115 cm³/mol. The molecule has 6 heteroatoms. The Morgan fingerprint density at radius 2 is 1.76 bits per heavy atom. The Morgan fingerprint density at radius 1 is 1.07 bits per heavy atom. The van der Waals surface area contributed by atoms with Crippen molar-refractivity contribution in [2.45, 2.75) is 26.4 Å². The zero-order valence-electron chi connectivity index (χ0n) is 17.7. The first-order chi connectivity index (χ1) is 14.0. The highest BCUT2D eigenvalue weighted by Crippen LogP contribution is 2.24. The molecule has 6 nitrogen and oxygen atoms in total. The summed E-state index contributed by atoms with van der Waals surface area (Å²) in [4.78, 5) is 21.7. The number of methoxy groups -OCH3 is 1. The van der Waals surface area contributed by atoms with Gasteiger partial charge in [-0.25, -0.2) is 0 Å². The van der Waals surface area contributed by atoms with Gasteiger partial charge in [0, 0.05) is 38.9 Å². The van der Waals surface area contributed by atoms with Crippen LogP contribution in [-0.4, -0.2) is 60.5 Å². The number of benzene rings is 1. The number of carbonyl (C=O) groups is 1. The van der Waals surface area contributed by atoms with Crippen LogP contribution < -0.4 is 10.1 Å². The quantitative estimate of drug-likeness (QED) is 0.744. The summed E-state index contributed by atoms with van der Waals surface area (Å²) in [5.41, 5.74) is 2.20. The number of carbonyl (C=O) groups excluding carboxylic acids is 1. The number of aromatic nitrogens is 1. The molecule has 156 valence electrons. The molecule has 0 bridgehead atoms. The minimum atomic E-state index is -0.00106. The first-order valence-corrected chi connectivity index (χ1v) is 10.3. The Labute approximate surface area is 173 Å². The molecule has 29 heavy (non-hydrogen) atoms. The van der Waals surface area contributed by atoms with Crippen LogP contribution in [0.15, 0.2) is 48.7 Å². The molecule has 1 aliphatic rings. The predicted octanol–water partition coefficient (Wildman–Crippen LogP) is 2.72. The fraction of sp³-hybridized carbons (Fsp3) is 0.478. The van der Waals surface area contributed by atoms with Gasteiger partial charge in [-0.1, -0.05) is 32.0 Å². The van der Waals surface area contributed by atoms with E-state index in [1.165, 1.54) is 0 Å². The number of hydrogen-bond acceptors (Lipinski definition) is 5. The molecule has 1 saturated heterocycles. The second kappa shape index (κ2) is 10.4. The van der Waals surface area contributed by atoms with Crippen LogP contribution in [0.2, 0.25) is 0 Å². The Morgan fingerprint density at radius 3 is 2.34 bits per heavy atom. The van der Waals surface area contributed by atoms with E-state index in [1.54, 1.807) is 7.11 Å². The van der Waals surface area contributed by atoms with Crippen molar-refractivity contribution in [1.29, 1.82) is 0 Å². The molecule has 0 spiro atoms. The van der Waals surface area contributed by atoms with Crippen molar-refractivity contribution in [3.63, 3.8) is 0 Å². The van der Waals surface area contributed by atoms with E-state index in [9.17, 15) is 4.79 Å². The fourth-order valence-electron chi connectivity index (χ4n) is 3.69. The Balaban J connectivity index is 1.48. The number of amides is 1. The van der Waals surface area contributed by atoms with Crippen LogP contribution in [0.5, 0.6) is 5.75 Å². The number of nitrogens with zero attached hydrogens (tertiary/aromatic N) is 3. The van der Waals surface area contributed by atoms with Crippen molar-refractivity contribution in [2.24, 2.45) is 5.92 Å². The minimum Gasteiger partial charge on any atom is -0.497 e. The van der Waals surface area contributed by atoms with E-state index in [1.807, 2.05) is 42.6 Å². The maximum absolute atomic E-state index is 12.7. The molecule has 2 heterocycles. The van der Waals surface area contributed by atoms with Crippen LogP contribution in [0.25, 0.3) is 0 Å². The lowest BCUT2D eigenvalue weighted by atomic mass is 9.96. The Kier molecular flexibility index (Phi) is 7.61. The molecular formula is C23H32N4O2. The number of piperazine rings is 1. The summed E-state index contributed by atoms with van der Waals surface area (Å²) in [6.07, 6.45) is 1.84. The normalized spacial score (nSPS) is 16.6. The number of hydrogen-bond donors (Lipinski definition) is 1. The van der Waals surface area contributed by atoms with Crippen LogP contribution >= 0.6 is 0 Å². The van der Waals surface area contributed by atoms with Crippen LogP contribution in [0, 0.1) is 5.92 Å². The van der Waals surface area contributed by atoms with Gasteiger partial charge >= 0.3 is 0 Å². The van der Waals surface area contributed by atoms with Gasteiger partial charge in [-0.05, 0) is 35.7 Å². The van der Waals surface area contributed by atoms with E-state index < -0.39 is 0 Å². The van der Waals surface area contributed by atoms with Crippen LogP contribution in [-0.2, 0) is 11.3 Å². The molecule has 1 fully saturated rings. The Bertz CT molecular complexity index is 756. The number of rotatable bonds is 8. The Hall–Kier alpha value is -2.44. The maximum atomic E-state index is 12.7. The minimum absolute atomic E-state index is 0.00106. The van der Waals surface area contributed by atoms with Crippen molar-refractivity contribution in [3.8, 4) is 5.75 Å². The van der Waals surface area contributed by atoms with Gasteiger partial charge in [-0.15, -0.1) is 0 Å². The van der Waals surface area contributed by atoms with Gasteiger partial charge in [0.1, 0.15) is 5.75 Å². The molecule has 3 rings (SSSR count). The highest BCUT2D eigenvalue weighted by Gasteiger charge is 2.22. The lowest BCUT2D eigenvalue weighted by Gasteiger charge is -2.34. The van der Waals surface area contributed by atoms with Crippen LogP contribution in [0.4, 0.5) is 0 Å². The van der Waals surface area contributed by atoms with Crippen molar-refractivity contribution < 1.29 is 9.53 Å². The van der Waals surface area contributed by atoms with Gasteiger partial charge in [-0.2, -0.15) is 0 Å². The molecular weight excluding hydrogens is 364 g/mol. The summed E-state index contributed by atoms with van der Waals surface area (Å²) >= 11 is 0. The van der Waals surface area contributed by atoms with Gasteiger partial charge < -0.3 is 10.1 Å². The fourth-order valence-corrected chi connectivity index (χ4v) is 3.69. The number of nitrogens with one attached hydrogen (secondary N) is 1. The molecule has 1 N–H and O–H groups in total. The average Bonchev–Trinajstić information content (AvgIpc) is 2.74. The summed E-state index contributed by atoms with van der Waals surface area (Å²) in [6.45, 7) is 9.28. The van der Waals surface area contributed by atoms with Gasteiger partial charge in [0.05, 0.1) is 25.4 Å². The molecule has 0 saturated carbocycles. The lowest BCUT2D eigenvalue weighted by molar-refractivity contribution is -0.123. The summed E-state index contributed by atoms with van der Waals surface area (Å²) in [7, 11) is 1.66. The summed E-state index contributed by atoms with van der Waals surface area (Å²) in [5.74, 6) is 1.21. The number of pyridine rings is 1. The first-order valence-electron chi connectivity index (χ1n) is 10.3. The second-order valence-electron chi connectivity index (χ2n) is 7.94. The number of ether oxygens (including phenoxy) is 1. The zero-order chi connectivity index (χ0) is 20.6. The van der Waals surface area contributed by atoms with E-state index in [-0.39, 0.29) is 11.9 Å². The summed E-state index contributed by atoms with van der Waals surface area (Å²) in [6, 6.07) is 14.0. The van der Waals surface area contributed by atoms with Crippen LogP contribution in [0.3, 0.4) is 0 Å². The SMILES string of the molecule is COc1ccc([C@H](NC(=O)CN2CCN(Cc3ccccn3)CC2)C(C)C)cc1. The monoisotopic (exact) mass is 396 g/mol. The van der Waals surface area contributed by atoms with Gasteiger partial charge in [-0.3, -0.25) is 19.6 Å². The van der Waals surface area contributed by atoms with E-state index in [0.29, 0.717) is 12.5 Å². The van der Waals surface area contributed by atoms with Gasteiger partial charge in [0.25, 0.3) is 0 Å². The molecule has 1 atom stereocenters. The van der Waals surface area contributed by atoms with E-state index in [4.69, 9.17) is 4.74 Å². The van der Waals surface area contributed by atoms with Gasteiger partial charge in [0.2, 0.25) is 5.91 Å². The van der Waals surface area contributed by atoms with Gasteiger partial charge in [0.15, 0.2) is 0 Å². The molecule has 1 aromatic heterocycles. The third-order valence-corrected chi connectivity index (χ3v) is 5.40. The third-order valence-electron chi connectivity index (χ3n) is 5.40. The maximum Gasteiger partial charge on any atom is 0.234 e. The molecule has 0 aliphatic carbocycles. The van der Waals surface area contributed by atoms with Crippen molar-refractivity contribution in [2.75, 3.05) is 39.8 Å². The summed E-state index contributed by atoms with van der Waals surface area (Å²) < 4.78 is 5.24. The second-order valence-corrected chi connectivity index (χ2v) is 7.94. The van der Waals surface area contributed by atoms with Crippen LogP contribution in [0.1, 0.15) is 31.1 Å². The molecule has 2 aromatic rings. The smallest absolute Gasteiger partial charge is 0.234 e. The van der Waals surface area contributed by atoms with Crippen molar-refractivity contribution in [1.82, 2.24) is 20.1 Å².